The van der Waals surface area contributed by atoms with E-state index in [1.165, 1.54) is 42.4 Å². The largest absolute Gasteiger partial charge is 0.276 e. The molecule has 3 aliphatic rings. The Morgan fingerprint density at radius 1 is 1.07 bits per heavy atom. The van der Waals surface area contributed by atoms with Gasteiger partial charge in [0.2, 0.25) is 0 Å². The summed E-state index contributed by atoms with van der Waals surface area (Å²) in [6.45, 7) is 4.63. The van der Waals surface area contributed by atoms with Crippen LogP contribution >= 0.6 is 0 Å². The van der Waals surface area contributed by atoms with Crippen LogP contribution in [-0.4, -0.2) is 35.5 Å². The molecule has 0 amide bonds. The summed E-state index contributed by atoms with van der Waals surface area (Å²) >= 11 is 0. The van der Waals surface area contributed by atoms with E-state index in [0.29, 0.717) is 6.04 Å². The summed E-state index contributed by atoms with van der Waals surface area (Å²) in [6.07, 6.45) is 7.01. The first kappa shape index (κ1) is 9.83. The summed E-state index contributed by atoms with van der Waals surface area (Å²) in [7, 11) is 2.46. The molecule has 0 saturated heterocycles. The Kier molecular flexibility index (Phi) is 2.01. The molecule has 84 valence electrons. The summed E-state index contributed by atoms with van der Waals surface area (Å²) in [5, 5.41) is 0. The third-order valence-corrected chi connectivity index (χ3v) is 4.85. The predicted octanol–water partition coefficient (Wildman–Crippen LogP) is 2.58. The van der Waals surface area contributed by atoms with Gasteiger partial charge < -0.3 is 0 Å². The summed E-state index contributed by atoms with van der Waals surface area (Å²) in [6, 6.07) is 2.41. The van der Waals surface area contributed by atoms with E-state index < -0.39 is 0 Å². The SMILES string of the molecule is CC1CC([N+](C)(C2CC2)C2CC2)=NC1C. The zero-order valence-electron chi connectivity index (χ0n) is 10.2. The van der Waals surface area contributed by atoms with Gasteiger partial charge >= 0.3 is 0 Å². The molecule has 15 heavy (non-hydrogen) atoms. The second kappa shape index (κ2) is 3.07. The fourth-order valence-electron chi connectivity index (χ4n) is 3.14. The summed E-state index contributed by atoms with van der Waals surface area (Å²) in [5.41, 5.74) is 0. The van der Waals surface area contributed by atoms with Gasteiger partial charge in [-0.1, -0.05) is 6.92 Å². The fraction of sp³-hybridized carbons (Fsp3) is 0.923. The Morgan fingerprint density at radius 3 is 1.93 bits per heavy atom. The van der Waals surface area contributed by atoms with E-state index in [2.05, 4.69) is 20.9 Å². The average Bonchev–Trinajstić information content (AvgIpc) is 3.05. The summed E-state index contributed by atoms with van der Waals surface area (Å²) < 4.78 is 1.23. The molecule has 0 aromatic carbocycles. The second-order valence-electron chi connectivity index (χ2n) is 6.08. The number of hydrogen-bond donors (Lipinski definition) is 0. The van der Waals surface area contributed by atoms with E-state index in [4.69, 9.17) is 4.99 Å². The van der Waals surface area contributed by atoms with Gasteiger partial charge in [0.25, 0.3) is 0 Å². The van der Waals surface area contributed by atoms with E-state index in [1.54, 1.807) is 0 Å². The van der Waals surface area contributed by atoms with Gasteiger partial charge in [0.15, 0.2) is 5.84 Å². The van der Waals surface area contributed by atoms with Crippen molar-refractivity contribution in [1.29, 1.82) is 0 Å². The van der Waals surface area contributed by atoms with Crippen molar-refractivity contribution in [2.75, 3.05) is 7.05 Å². The minimum absolute atomic E-state index is 0.565. The zero-order chi connectivity index (χ0) is 10.6. The molecule has 2 fully saturated rings. The lowest BCUT2D eigenvalue weighted by atomic mass is 10.0. The normalized spacial score (nSPS) is 36.9. The van der Waals surface area contributed by atoms with Crippen molar-refractivity contribution in [3.05, 3.63) is 0 Å². The highest BCUT2D eigenvalue weighted by molar-refractivity contribution is 5.78. The van der Waals surface area contributed by atoms with Crippen LogP contribution in [0.3, 0.4) is 0 Å². The molecule has 0 aromatic heterocycles. The number of rotatable bonds is 2. The van der Waals surface area contributed by atoms with E-state index in [1.807, 2.05) is 0 Å². The van der Waals surface area contributed by atoms with Crippen LogP contribution in [0.4, 0.5) is 0 Å². The van der Waals surface area contributed by atoms with Crippen LogP contribution in [0.1, 0.15) is 46.0 Å². The predicted molar refractivity (Wildman–Crippen MR) is 62.9 cm³/mol. The molecule has 3 rings (SSSR count). The first-order valence-electron chi connectivity index (χ1n) is 6.55. The fourth-order valence-corrected chi connectivity index (χ4v) is 3.14. The van der Waals surface area contributed by atoms with Gasteiger partial charge in [0.1, 0.15) is 0 Å². The molecule has 0 spiro atoms. The lowest BCUT2D eigenvalue weighted by Gasteiger charge is -2.34. The molecular formula is C13H23N2+. The van der Waals surface area contributed by atoms with Crippen LogP contribution in [-0.2, 0) is 0 Å². The standard InChI is InChI=1S/C13H23N2/c1-9-8-13(14-10(9)2)15(3,11-4-5-11)12-6-7-12/h9-12H,4-8H2,1-3H3/q+1. The average molecular weight is 207 g/mol. The number of aliphatic imine (C=N–C) groups is 1. The number of amidine groups is 1. The van der Waals surface area contributed by atoms with Gasteiger partial charge in [0.05, 0.1) is 25.2 Å². The molecule has 2 aliphatic carbocycles. The highest BCUT2D eigenvalue weighted by Crippen LogP contribution is 2.45. The van der Waals surface area contributed by atoms with Crippen LogP contribution in [0.5, 0.6) is 0 Å². The molecule has 2 saturated carbocycles. The molecule has 2 nitrogen and oxygen atoms in total. The number of hydrogen-bond acceptors (Lipinski definition) is 1. The quantitative estimate of drug-likeness (QED) is 0.617. The molecule has 0 aromatic rings. The minimum atomic E-state index is 0.565. The molecule has 2 unspecified atom stereocenters. The van der Waals surface area contributed by atoms with Crippen molar-refractivity contribution in [2.24, 2.45) is 10.9 Å². The summed E-state index contributed by atoms with van der Waals surface area (Å²) in [4.78, 5) is 4.95. The van der Waals surface area contributed by atoms with Gasteiger partial charge in [-0.05, 0) is 12.8 Å². The molecular weight excluding hydrogens is 184 g/mol. The first-order chi connectivity index (χ1) is 7.12. The van der Waals surface area contributed by atoms with Gasteiger partial charge in [-0.2, -0.15) is 0 Å². The minimum Gasteiger partial charge on any atom is -0.276 e. The molecule has 2 heteroatoms. The molecule has 0 radical (unpaired) electrons. The van der Waals surface area contributed by atoms with Crippen molar-refractivity contribution < 1.29 is 4.48 Å². The third kappa shape index (κ3) is 1.45. The van der Waals surface area contributed by atoms with E-state index >= 15 is 0 Å². The van der Waals surface area contributed by atoms with Crippen LogP contribution < -0.4 is 0 Å². The Hall–Kier alpha value is -0.370. The monoisotopic (exact) mass is 207 g/mol. The Morgan fingerprint density at radius 2 is 1.60 bits per heavy atom. The number of quaternary nitrogens is 1. The van der Waals surface area contributed by atoms with Crippen molar-refractivity contribution >= 4 is 5.84 Å². The maximum Gasteiger partial charge on any atom is 0.199 e. The molecule has 1 heterocycles. The lowest BCUT2D eigenvalue weighted by Crippen LogP contribution is -2.52. The zero-order valence-corrected chi connectivity index (χ0v) is 10.2. The van der Waals surface area contributed by atoms with Gasteiger partial charge in [0, 0.05) is 32.1 Å². The Labute approximate surface area is 93.0 Å². The van der Waals surface area contributed by atoms with Gasteiger partial charge in [-0.3, -0.25) is 4.48 Å². The van der Waals surface area contributed by atoms with Crippen molar-refractivity contribution in [2.45, 2.75) is 64.1 Å². The highest BCUT2D eigenvalue weighted by Gasteiger charge is 2.55. The van der Waals surface area contributed by atoms with E-state index in [-0.39, 0.29) is 0 Å². The maximum absolute atomic E-state index is 4.95. The molecule has 0 bridgehead atoms. The van der Waals surface area contributed by atoms with Crippen molar-refractivity contribution in [3.8, 4) is 0 Å². The highest BCUT2D eigenvalue weighted by atomic mass is 15.5. The van der Waals surface area contributed by atoms with E-state index in [9.17, 15) is 0 Å². The first-order valence-corrected chi connectivity index (χ1v) is 6.55. The van der Waals surface area contributed by atoms with Crippen LogP contribution in [0.25, 0.3) is 0 Å². The number of nitrogens with zero attached hydrogens (tertiary/aromatic N) is 2. The topological polar surface area (TPSA) is 12.4 Å². The lowest BCUT2D eigenvalue weighted by molar-refractivity contribution is -0.845. The van der Waals surface area contributed by atoms with Crippen molar-refractivity contribution in [1.82, 2.24) is 0 Å². The maximum atomic E-state index is 4.95. The van der Waals surface area contributed by atoms with E-state index in [0.717, 1.165) is 18.0 Å². The molecule has 1 aliphatic heterocycles. The second-order valence-corrected chi connectivity index (χ2v) is 6.08. The van der Waals surface area contributed by atoms with Gasteiger partial charge in [-0.15, -0.1) is 0 Å². The van der Waals surface area contributed by atoms with Crippen LogP contribution in [0, 0.1) is 5.92 Å². The van der Waals surface area contributed by atoms with Crippen LogP contribution in [0.2, 0.25) is 0 Å². The smallest absolute Gasteiger partial charge is 0.199 e. The Balaban J connectivity index is 1.86. The molecule has 0 N–H and O–H groups in total. The van der Waals surface area contributed by atoms with Crippen LogP contribution in [0.15, 0.2) is 4.99 Å². The Bertz CT molecular complexity index is 288. The van der Waals surface area contributed by atoms with Crippen molar-refractivity contribution in [3.63, 3.8) is 0 Å². The summed E-state index contributed by atoms with van der Waals surface area (Å²) in [5.74, 6) is 2.30. The third-order valence-electron chi connectivity index (χ3n) is 4.85. The van der Waals surface area contributed by atoms with Gasteiger partial charge in [-0.25, -0.2) is 4.99 Å². The molecule has 2 atom stereocenters.